The lowest BCUT2D eigenvalue weighted by Crippen LogP contribution is -2.29. The van der Waals surface area contributed by atoms with Crippen LogP contribution in [0.4, 0.5) is 5.13 Å². The van der Waals surface area contributed by atoms with Gasteiger partial charge in [0.05, 0.1) is 29.2 Å². The van der Waals surface area contributed by atoms with E-state index >= 15 is 0 Å². The molecule has 4 aromatic rings. The van der Waals surface area contributed by atoms with Crippen LogP contribution in [-0.2, 0) is 9.59 Å². The maximum atomic E-state index is 13.2. The molecular weight excluding hydrogens is 428 g/mol. The van der Waals surface area contributed by atoms with Crippen LogP contribution >= 0.6 is 11.3 Å². The molecule has 8 heteroatoms. The molecule has 1 aliphatic rings. The van der Waals surface area contributed by atoms with Crippen LogP contribution in [0.3, 0.4) is 0 Å². The molecule has 7 nitrogen and oxygen atoms in total. The highest BCUT2D eigenvalue weighted by molar-refractivity contribution is 7.22. The Labute approximate surface area is 187 Å². The zero-order valence-corrected chi connectivity index (χ0v) is 18.1. The molecule has 3 heterocycles. The van der Waals surface area contributed by atoms with E-state index in [4.69, 9.17) is 9.15 Å². The van der Waals surface area contributed by atoms with Gasteiger partial charge in [0.15, 0.2) is 5.13 Å². The summed E-state index contributed by atoms with van der Waals surface area (Å²) in [6, 6.07) is 14.8. The number of carbonyl (C=O) groups is 2. The number of hydrogen-bond donors (Lipinski definition) is 1. The second-order valence-corrected chi connectivity index (χ2v) is 8.39. The third-order valence-corrected chi connectivity index (χ3v) is 6.36. The minimum atomic E-state index is -0.946. The summed E-state index contributed by atoms with van der Waals surface area (Å²) in [5.41, 5.74) is 2.09. The number of rotatable bonds is 4. The molecule has 0 unspecified atom stereocenters. The molecule has 0 radical (unpaired) electrons. The molecule has 1 atom stereocenters. The standard InChI is InChI=1S/C24H18N2O5S/c1-13-8-9-16-18(11-13)32-24(25-16)26-20(17-7-4-10-31-17)19(22(28)23(26)29)21(27)14-5-3-6-15(12-14)30-2/h3-12,20,27H,1-2H3/t20-/m1/s1. The maximum absolute atomic E-state index is 13.2. The van der Waals surface area contributed by atoms with E-state index < -0.39 is 17.7 Å². The Bertz CT molecular complexity index is 1390. The SMILES string of the molecule is COc1cccc(C(O)=C2C(=O)C(=O)N(c3nc4ccc(C)cc4s3)[C@@H]2c2ccco2)c1. The number of aryl methyl sites for hydroxylation is 1. The number of furan rings is 1. The number of fused-ring (bicyclic) bond motifs is 1. The number of aromatic nitrogens is 1. The van der Waals surface area contributed by atoms with Gasteiger partial charge in [-0.1, -0.05) is 29.5 Å². The van der Waals surface area contributed by atoms with Crippen LogP contribution in [0.5, 0.6) is 5.75 Å². The van der Waals surface area contributed by atoms with Gasteiger partial charge in [-0.2, -0.15) is 0 Å². The molecule has 0 saturated carbocycles. The van der Waals surface area contributed by atoms with Crippen molar-refractivity contribution in [2.75, 3.05) is 12.0 Å². The average molecular weight is 446 g/mol. The molecule has 1 fully saturated rings. The molecule has 5 rings (SSSR count). The fraction of sp³-hybridized carbons (Fsp3) is 0.125. The van der Waals surface area contributed by atoms with E-state index in [0.717, 1.165) is 15.8 Å². The second-order valence-electron chi connectivity index (χ2n) is 7.38. The topological polar surface area (TPSA) is 92.9 Å². The number of amides is 1. The molecule has 160 valence electrons. The summed E-state index contributed by atoms with van der Waals surface area (Å²) >= 11 is 1.31. The highest BCUT2D eigenvalue weighted by Gasteiger charge is 2.49. The number of ketones is 1. The number of benzene rings is 2. The van der Waals surface area contributed by atoms with Gasteiger partial charge in [0.25, 0.3) is 5.78 Å². The van der Waals surface area contributed by atoms with Crippen molar-refractivity contribution >= 4 is 44.1 Å². The van der Waals surface area contributed by atoms with Crippen molar-refractivity contribution in [3.05, 3.63) is 83.3 Å². The van der Waals surface area contributed by atoms with Gasteiger partial charge < -0.3 is 14.3 Å². The van der Waals surface area contributed by atoms with Crippen LogP contribution in [0.2, 0.25) is 0 Å². The summed E-state index contributed by atoms with van der Waals surface area (Å²) in [7, 11) is 1.51. The first-order valence-electron chi connectivity index (χ1n) is 9.84. The van der Waals surface area contributed by atoms with Crippen LogP contribution in [0.25, 0.3) is 16.0 Å². The van der Waals surface area contributed by atoms with Crippen molar-refractivity contribution in [2.45, 2.75) is 13.0 Å². The highest BCUT2D eigenvalue weighted by atomic mass is 32.1. The first-order chi connectivity index (χ1) is 15.5. The lowest BCUT2D eigenvalue weighted by atomic mass is 9.99. The molecule has 1 saturated heterocycles. The summed E-state index contributed by atoms with van der Waals surface area (Å²) in [5.74, 6) is -1.01. The zero-order valence-electron chi connectivity index (χ0n) is 17.2. The number of hydrogen-bond acceptors (Lipinski definition) is 7. The molecule has 0 aliphatic carbocycles. The Kier molecular flexibility index (Phi) is 4.79. The molecule has 2 aromatic heterocycles. The Morgan fingerprint density at radius 3 is 2.75 bits per heavy atom. The van der Waals surface area contributed by atoms with E-state index in [-0.39, 0.29) is 11.3 Å². The fourth-order valence-corrected chi connectivity index (χ4v) is 4.88. The Morgan fingerprint density at radius 2 is 2.00 bits per heavy atom. The van der Waals surface area contributed by atoms with Crippen LogP contribution < -0.4 is 9.64 Å². The minimum absolute atomic E-state index is 0.0614. The number of anilines is 1. The van der Waals surface area contributed by atoms with Crippen molar-refractivity contribution in [3.63, 3.8) is 0 Å². The van der Waals surface area contributed by atoms with Gasteiger partial charge in [0.2, 0.25) is 0 Å². The summed E-state index contributed by atoms with van der Waals surface area (Å²) in [4.78, 5) is 32.2. The zero-order chi connectivity index (χ0) is 22.4. The first kappa shape index (κ1) is 20.0. The largest absolute Gasteiger partial charge is 0.507 e. The van der Waals surface area contributed by atoms with Gasteiger partial charge in [-0.25, -0.2) is 4.98 Å². The van der Waals surface area contributed by atoms with E-state index in [1.807, 2.05) is 25.1 Å². The summed E-state index contributed by atoms with van der Waals surface area (Å²) in [6.45, 7) is 1.97. The maximum Gasteiger partial charge on any atom is 0.302 e. The molecule has 32 heavy (non-hydrogen) atoms. The summed E-state index contributed by atoms with van der Waals surface area (Å²) in [6.07, 6.45) is 1.46. The van der Waals surface area contributed by atoms with Crippen molar-refractivity contribution in [1.29, 1.82) is 0 Å². The third kappa shape index (κ3) is 3.16. The van der Waals surface area contributed by atoms with Crippen LogP contribution in [0.15, 0.2) is 70.9 Å². The minimum Gasteiger partial charge on any atom is -0.507 e. The highest BCUT2D eigenvalue weighted by Crippen LogP contribution is 2.44. The lowest BCUT2D eigenvalue weighted by molar-refractivity contribution is -0.132. The lowest BCUT2D eigenvalue weighted by Gasteiger charge is -2.20. The predicted octanol–water partition coefficient (Wildman–Crippen LogP) is 4.83. The Balaban J connectivity index is 1.71. The van der Waals surface area contributed by atoms with Gasteiger partial charge in [0, 0.05) is 5.56 Å². The molecule has 0 bridgehead atoms. The number of carbonyl (C=O) groups excluding carboxylic acids is 2. The third-order valence-electron chi connectivity index (χ3n) is 5.34. The molecule has 1 amide bonds. The summed E-state index contributed by atoms with van der Waals surface area (Å²) < 4.78 is 11.7. The van der Waals surface area contributed by atoms with Crippen molar-refractivity contribution in [2.24, 2.45) is 0 Å². The number of methoxy groups -OCH3 is 1. The number of aliphatic hydroxyl groups is 1. The van der Waals surface area contributed by atoms with Gasteiger partial charge in [0.1, 0.15) is 23.3 Å². The van der Waals surface area contributed by atoms with Gasteiger partial charge >= 0.3 is 5.91 Å². The number of thiazole rings is 1. The number of nitrogens with zero attached hydrogens (tertiary/aromatic N) is 2. The van der Waals surface area contributed by atoms with E-state index in [0.29, 0.717) is 22.2 Å². The van der Waals surface area contributed by atoms with E-state index in [9.17, 15) is 14.7 Å². The average Bonchev–Trinajstić information content (AvgIpc) is 3.52. The number of ether oxygens (including phenoxy) is 1. The normalized spacial score (nSPS) is 17.9. The smallest absolute Gasteiger partial charge is 0.302 e. The molecule has 1 aliphatic heterocycles. The van der Waals surface area contributed by atoms with Crippen LogP contribution in [-0.4, -0.2) is 28.9 Å². The molecule has 0 spiro atoms. The second kappa shape index (κ2) is 7.65. The van der Waals surface area contributed by atoms with Crippen LogP contribution in [0, 0.1) is 6.92 Å². The Morgan fingerprint density at radius 1 is 1.16 bits per heavy atom. The van der Waals surface area contributed by atoms with E-state index in [1.54, 1.807) is 36.4 Å². The van der Waals surface area contributed by atoms with Crippen molar-refractivity contribution in [3.8, 4) is 5.75 Å². The predicted molar refractivity (Wildman–Crippen MR) is 121 cm³/mol. The summed E-state index contributed by atoms with van der Waals surface area (Å²) in [5, 5.41) is 11.5. The monoisotopic (exact) mass is 446 g/mol. The molecule has 1 N–H and O–H groups in total. The fourth-order valence-electron chi connectivity index (χ4n) is 3.79. The van der Waals surface area contributed by atoms with Gasteiger partial charge in [-0.15, -0.1) is 0 Å². The molecular formula is C24H18N2O5S. The Hall–Kier alpha value is -3.91. The van der Waals surface area contributed by atoms with E-state index in [1.165, 1.54) is 29.6 Å². The van der Waals surface area contributed by atoms with E-state index in [2.05, 4.69) is 4.98 Å². The quantitative estimate of drug-likeness (QED) is 0.274. The van der Waals surface area contributed by atoms with Gasteiger partial charge in [-0.3, -0.25) is 14.5 Å². The van der Waals surface area contributed by atoms with Gasteiger partial charge in [-0.05, 0) is 48.9 Å². The number of aliphatic hydroxyl groups excluding tert-OH is 1. The van der Waals surface area contributed by atoms with Crippen molar-refractivity contribution < 1.29 is 23.8 Å². The number of Topliss-reactive ketones (excluding diaryl/α,β-unsaturated/α-hetero) is 1. The van der Waals surface area contributed by atoms with Crippen molar-refractivity contribution in [1.82, 2.24) is 4.98 Å². The molecule has 2 aromatic carbocycles. The first-order valence-corrected chi connectivity index (χ1v) is 10.7. The van der Waals surface area contributed by atoms with Crippen LogP contribution in [0.1, 0.15) is 22.9 Å².